The molecule has 1 aliphatic rings. The lowest BCUT2D eigenvalue weighted by Gasteiger charge is -2.33. The van der Waals surface area contributed by atoms with Crippen LogP contribution in [0, 0.1) is 11.3 Å². The van der Waals surface area contributed by atoms with Crippen LogP contribution in [-0.2, 0) is 17.6 Å². The first-order valence-electron chi connectivity index (χ1n) is 7.30. The van der Waals surface area contributed by atoms with Crippen molar-refractivity contribution in [2.75, 3.05) is 20.3 Å². The number of ether oxygens (including phenoxy) is 1. The Labute approximate surface area is 125 Å². The molecule has 0 radical (unpaired) electrons. The SMILES string of the molecule is COCCNC(=O)c1cc2c(s1)CCC(C(C)(C)C)C2. The molecule has 0 aromatic carbocycles. The van der Waals surface area contributed by atoms with Crippen LogP contribution in [0.25, 0.3) is 0 Å². The van der Waals surface area contributed by atoms with Crippen molar-refractivity contribution >= 4 is 17.2 Å². The van der Waals surface area contributed by atoms with Gasteiger partial charge in [0.05, 0.1) is 11.5 Å². The normalized spacial score (nSPS) is 18.7. The fourth-order valence-electron chi connectivity index (χ4n) is 2.73. The van der Waals surface area contributed by atoms with Gasteiger partial charge < -0.3 is 10.1 Å². The van der Waals surface area contributed by atoms with E-state index in [1.54, 1.807) is 18.4 Å². The highest BCUT2D eigenvalue weighted by Crippen LogP contribution is 2.39. The van der Waals surface area contributed by atoms with Gasteiger partial charge in [0.1, 0.15) is 0 Å². The molecule has 0 aliphatic heterocycles. The van der Waals surface area contributed by atoms with Gasteiger partial charge in [-0.2, -0.15) is 0 Å². The van der Waals surface area contributed by atoms with Crippen molar-refractivity contribution in [1.82, 2.24) is 5.32 Å². The monoisotopic (exact) mass is 295 g/mol. The van der Waals surface area contributed by atoms with Gasteiger partial charge in [0.25, 0.3) is 5.91 Å². The third kappa shape index (κ3) is 3.61. The maximum absolute atomic E-state index is 12.1. The van der Waals surface area contributed by atoms with E-state index in [-0.39, 0.29) is 5.91 Å². The first kappa shape index (κ1) is 15.5. The fraction of sp³-hybridized carbons (Fsp3) is 0.688. The number of nitrogens with one attached hydrogen (secondary N) is 1. The number of amides is 1. The highest BCUT2D eigenvalue weighted by molar-refractivity contribution is 7.14. The van der Waals surface area contributed by atoms with Crippen molar-refractivity contribution in [2.24, 2.45) is 11.3 Å². The number of carbonyl (C=O) groups is 1. The van der Waals surface area contributed by atoms with Crippen molar-refractivity contribution in [3.63, 3.8) is 0 Å². The third-order valence-corrected chi connectivity index (χ3v) is 5.36. The topological polar surface area (TPSA) is 38.3 Å². The van der Waals surface area contributed by atoms with Crippen LogP contribution in [0.5, 0.6) is 0 Å². The lowest BCUT2D eigenvalue weighted by atomic mass is 9.72. The molecule has 1 unspecified atom stereocenters. The minimum Gasteiger partial charge on any atom is -0.383 e. The summed E-state index contributed by atoms with van der Waals surface area (Å²) < 4.78 is 4.95. The molecule has 4 heteroatoms. The lowest BCUT2D eigenvalue weighted by Crippen LogP contribution is -2.26. The second-order valence-electron chi connectivity index (χ2n) is 6.61. The van der Waals surface area contributed by atoms with E-state index < -0.39 is 0 Å². The van der Waals surface area contributed by atoms with Crippen molar-refractivity contribution in [3.8, 4) is 0 Å². The minimum absolute atomic E-state index is 0.0359. The van der Waals surface area contributed by atoms with Crippen LogP contribution in [0.3, 0.4) is 0 Å². The number of methoxy groups -OCH3 is 1. The van der Waals surface area contributed by atoms with E-state index in [1.807, 2.05) is 0 Å². The Bertz CT molecular complexity index is 473. The Morgan fingerprint density at radius 3 is 2.90 bits per heavy atom. The maximum Gasteiger partial charge on any atom is 0.261 e. The van der Waals surface area contributed by atoms with E-state index in [1.165, 1.54) is 16.9 Å². The Hall–Kier alpha value is -0.870. The molecule has 1 heterocycles. The van der Waals surface area contributed by atoms with E-state index in [0.29, 0.717) is 24.5 Å². The van der Waals surface area contributed by atoms with Gasteiger partial charge in [-0.25, -0.2) is 0 Å². The van der Waals surface area contributed by atoms with E-state index in [0.717, 1.165) is 17.7 Å². The summed E-state index contributed by atoms with van der Waals surface area (Å²) in [5.41, 5.74) is 1.73. The average Bonchev–Trinajstić information content (AvgIpc) is 2.80. The lowest BCUT2D eigenvalue weighted by molar-refractivity contribution is 0.0941. The molecule has 0 saturated heterocycles. The molecule has 1 N–H and O–H groups in total. The van der Waals surface area contributed by atoms with Crippen molar-refractivity contribution in [1.29, 1.82) is 0 Å². The predicted molar refractivity (Wildman–Crippen MR) is 83.5 cm³/mol. The van der Waals surface area contributed by atoms with E-state index >= 15 is 0 Å². The number of rotatable bonds is 4. The summed E-state index contributed by atoms with van der Waals surface area (Å²) in [5.74, 6) is 0.753. The largest absolute Gasteiger partial charge is 0.383 e. The van der Waals surface area contributed by atoms with Crippen LogP contribution in [0.2, 0.25) is 0 Å². The minimum atomic E-state index is 0.0359. The summed E-state index contributed by atoms with van der Waals surface area (Å²) in [6.45, 7) is 8.07. The molecule has 112 valence electrons. The molecule has 3 nitrogen and oxygen atoms in total. The average molecular weight is 295 g/mol. The van der Waals surface area contributed by atoms with E-state index in [9.17, 15) is 4.79 Å². The quantitative estimate of drug-likeness (QED) is 0.866. The molecule has 1 atom stereocenters. The predicted octanol–water partition coefficient (Wildman–Crippen LogP) is 3.28. The first-order chi connectivity index (χ1) is 9.41. The Morgan fingerprint density at radius 1 is 1.50 bits per heavy atom. The zero-order valence-electron chi connectivity index (χ0n) is 12.9. The number of hydrogen-bond acceptors (Lipinski definition) is 3. The second kappa shape index (κ2) is 6.27. The van der Waals surface area contributed by atoms with Crippen molar-refractivity contribution in [2.45, 2.75) is 40.0 Å². The van der Waals surface area contributed by atoms with Crippen molar-refractivity contribution < 1.29 is 9.53 Å². The molecule has 1 aromatic heterocycles. The summed E-state index contributed by atoms with van der Waals surface area (Å²) in [5, 5.41) is 2.90. The van der Waals surface area contributed by atoms with Gasteiger partial charge >= 0.3 is 0 Å². The van der Waals surface area contributed by atoms with Gasteiger partial charge in [0, 0.05) is 18.5 Å². The maximum atomic E-state index is 12.1. The van der Waals surface area contributed by atoms with Crippen LogP contribution >= 0.6 is 11.3 Å². The van der Waals surface area contributed by atoms with Gasteiger partial charge in [-0.3, -0.25) is 4.79 Å². The zero-order chi connectivity index (χ0) is 14.8. The molecule has 0 spiro atoms. The molecule has 0 saturated carbocycles. The van der Waals surface area contributed by atoms with Gasteiger partial charge in [-0.15, -0.1) is 11.3 Å². The van der Waals surface area contributed by atoms with Crippen LogP contribution in [0.4, 0.5) is 0 Å². The smallest absolute Gasteiger partial charge is 0.261 e. The zero-order valence-corrected chi connectivity index (χ0v) is 13.7. The third-order valence-electron chi connectivity index (χ3n) is 4.12. The summed E-state index contributed by atoms with van der Waals surface area (Å²) in [6.07, 6.45) is 3.47. The van der Waals surface area contributed by atoms with Crippen LogP contribution in [-0.4, -0.2) is 26.2 Å². The van der Waals surface area contributed by atoms with Crippen molar-refractivity contribution in [3.05, 3.63) is 21.4 Å². The number of carbonyl (C=O) groups excluding carboxylic acids is 1. The van der Waals surface area contributed by atoms with Crippen LogP contribution < -0.4 is 5.32 Å². The molecule has 2 rings (SSSR count). The van der Waals surface area contributed by atoms with Gasteiger partial charge in [0.15, 0.2) is 0 Å². The Balaban J connectivity index is 2.03. The van der Waals surface area contributed by atoms with Gasteiger partial charge in [-0.05, 0) is 42.2 Å². The highest BCUT2D eigenvalue weighted by atomic mass is 32.1. The van der Waals surface area contributed by atoms with Gasteiger partial charge in [0.2, 0.25) is 0 Å². The second-order valence-corrected chi connectivity index (χ2v) is 7.75. The van der Waals surface area contributed by atoms with Gasteiger partial charge in [-0.1, -0.05) is 20.8 Å². The summed E-state index contributed by atoms with van der Waals surface area (Å²) in [7, 11) is 1.64. The summed E-state index contributed by atoms with van der Waals surface area (Å²) in [4.78, 5) is 14.3. The molecular weight excluding hydrogens is 270 g/mol. The first-order valence-corrected chi connectivity index (χ1v) is 8.12. The number of thiophene rings is 1. The summed E-state index contributed by atoms with van der Waals surface area (Å²) >= 11 is 1.66. The van der Waals surface area contributed by atoms with E-state index in [4.69, 9.17) is 4.74 Å². The molecule has 1 aliphatic carbocycles. The van der Waals surface area contributed by atoms with Crippen LogP contribution in [0.1, 0.15) is 47.3 Å². The standard InChI is InChI=1S/C16H25NO2S/c1-16(2,3)12-5-6-13-11(9-12)10-14(20-13)15(18)17-7-8-19-4/h10,12H,5-9H2,1-4H3,(H,17,18). The molecule has 1 aromatic rings. The fourth-order valence-corrected chi connectivity index (χ4v) is 3.85. The van der Waals surface area contributed by atoms with E-state index in [2.05, 4.69) is 32.2 Å². The molecule has 1 amide bonds. The molecule has 20 heavy (non-hydrogen) atoms. The number of aryl methyl sites for hydroxylation is 1. The molecule has 0 bridgehead atoms. The van der Waals surface area contributed by atoms with Crippen LogP contribution in [0.15, 0.2) is 6.07 Å². The Morgan fingerprint density at radius 2 is 2.25 bits per heavy atom. The molecule has 0 fully saturated rings. The number of hydrogen-bond donors (Lipinski definition) is 1. The number of fused-ring (bicyclic) bond motifs is 1. The highest BCUT2D eigenvalue weighted by Gasteiger charge is 2.30. The Kier molecular flexibility index (Phi) is 4.86. The summed E-state index contributed by atoms with van der Waals surface area (Å²) in [6, 6.07) is 2.10. The molecular formula is C16H25NO2S.